The van der Waals surface area contributed by atoms with Crippen LogP contribution >= 0.6 is 11.8 Å². The van der Waals surface area contributed by atoms with Gasteiger partial charge in [0.2, 0.25) is 0 Å². The SMILES string of the molecule is CSC1(CNCC2CC=CCC2)CCC1. The Morgan fingerprint density at radius 3 is 2.80 bits per heavy atom. The van der Waals surface area contributed by atoms with Gasteiger partial charge in [0.15, 0.2) is 0 Å². The zero-order chi connectivity index (χ0) is 10.6. The smallest absolute Gasteiger partial charge is 0.0281 e. The van der Waals surface area contributed by atoms with Crippen LogP contribution in [0.3, 0.4) is 0 Å². The van der Waals surface area contributed by atoms with Crippen LogP contribution in [0.4, 0.5) is 0 Å². The molecular formula is C13H23NS. The highest BCUT2D eigenvalue weighted by atomic mass is 32.2. The summed E-state index contributed by atoms with van der Waals surface area (Å²) >= 11 is 2.07. The van der Waals surface area contributed by atoms with Gasteiger partial charge in [0.1, 0.15) is 0 Å². The van der Waals surface area contributed by atoms with Crippen LogP contribution in [0.2, 0.25) is 0 Å². The molecule has 0 heterocycles. The summed E-state index contributed by atoms with van der Waals surface area (Å²) in [7, 11) is 0. The summed E-state index contributed by atoms with van der Waals surface area (Å²) in [6.07, 6.45) is 15.2. The topological polar surface area (TPSA) is 12.0 Å². The van der Waals surface area contributed by atoms with Crippen molar-refractivity contribution in [3.63, 3.8) is 0 Å². The van der Waals surface area contributed by atoms with Crippen LogP contribution < -0.4 is 5.32 Å². The number of rotatable bonds is 5. The molecule has 0 saturated heterocycles. The maximum absolute atomic E-state index is 3.69. The van der Waals surface area contributed by atoms with Gasteiger partial charge in [-0.05, 0) is 50.8 Å². The van der Waals surface area contributed by atoms with Gasteiger partial charge in [0.05, 0.1) is 0 Å². The second-order valence-electron chi connectivity index (χ2n) is 5.02. The lowest BCUT2D eigenvalue weighted by Crippen LogP contribution is -2.44. The second kappa shape index (κ2) is 5.40. The summed E-state index contributed by atoms with van der Waals surface area (Å²) in [6, 6.07) is 0. The lowest BCUT2D eigenvalue weighted by Gasteiger charge is -2.41. The van der Waals surface area contributed by atoms with Crippen molar-refractivity contribution in [3.8, 4) is 0 Å². The first-order valence-corrected chi connectivity index (χ1v) is 7.48. The van der Waals surface area contributed by atoms with Crippen LogP contribution in [0.5, 0.6) is 0 Å². The molecule has 0 aromatic heterocycles. The van der Waals surface area contributed by atoms with E-state index in [1.807, 2.05) is 0 Å². The van der Waals surface area contributed by atoms with E-state index in [0.717, 1.165) is 5.92 Å². The lowest BCUT2D eigenvalue weighted by molar-refractivity contribution is 0.330. The summed E-state index contributed by atoms with van der Waals surface area (Å²) in [5.74, 6) is 0.897. The van der Waals surface area contributed by atoms with E-state index >= 15 is 0 Å². The van der Waals surface area contributed by atoms with Gasteiger partial charge < -0.3 is 5.32 Å². The van der Waals surface area contributed by atoms with Crippen LogP contribution in [0.15, 0.2) is 12.2 Å². The van der Waals surface area contributed by atoms with Crippen molar-refractivity contribution in [1.82, 2.24) is 5.32 Å². The standard InChI is InChI=1S/C13H23NS/c1-15-13(8-5-9-13)11-14-10-12-6-3-2-4-7-12/h2-3,12,14H,4-11H2,1H3. The molecule has 2 heteroatoms. The lowest BCUT2D eigenvalue weighted by atomic mass is 9.84. The van der Waals surface area contributed by atoms with Gasteiger partial charge in [-0.25, -0.2) is 0 Å². The second-order valence-corrected chi connectivity index (χ2v) is 6.30. The highest BCUT2D eigenvalue weighted by Crippen LogP contribution is 2.42. The van der Waals surface area contributed by atoms with Crippen LogP contribution in [-0.2, 0) is 0 Å². The summed E-state index contributed by atoms with van der Waals surface area (Å²) in [5, 5.41) is 3.69. The summed E-state index contributed by atoms with van der Waals surface area (Å²) < 4.78 is 0.602. The minimum Gasteiger partial charge on any atom is -0.315 e. The van der Waals surface area contributed by atoms with Crippen molar-refractivity contribution in [2.45, 2.75) is 43.3 Å². The Kier molecular flexibility index (Phi) is 4.15. The van der Waals surface area contributed by atoms with Crippen LogP contribution in [0.25, 0.3) is 0 Å². The molecule has 15 heavy (non-hydrogen) atoms. The summed E-state index contributed by atoms with van der Waals surface area (Å²) in [5.41, 5.74) is 0. The average Bonchev–Trinajstić information content (AvgIpc) is 2.24. The molecule has 1 fully saturated rings. The minimum absolute atomic E-state index is 0.602. The number of allylic oxidation sites excluding steroid dienone is 2. The largest absolute Gasteiger partial charge is 0.315 e. The first-order valence-electron chi connectivity index (χ1n) is 6.25. The van der Waals surface area contributed by atoms with Crippen molar-refractivity contribution in [1.29, 1.82) is 0 Å². The third-order valence-corrected chi connectivity index (χ3v) is 5.37. The zero-order valence-electron chi connectivity index (χ0n) is 9.80. The normalized spacial score (nSPS) is 28.7. The molecule has 1 unspecified atom stereocenters. The molecule has 0 aliphatic heterocycles. The van der Waals surface area contributed by atoms with E-state index < -0.39 is 0 Å². The zero-order valence-corrected chi connectivity index (χ0v) is 10.6. The van der Waals surface area contributed by atoms with Gasteiger partial charge in [-0.2, -0.15) is 11.8 Å². The van der Waals surface area contributed by atoms with Crippen molar-refractivity contribution in [2.24, 2.45) is 5.92 Å². The van der Waals surface area contributed by atoms with Gasteiger partial charge in [-0.3, -0.25) is 0 Å². The predicted octanol–water partition coefficient (Wildman–Crippen LogP) is 3.22. The van der Waals surface area contributed by atoms with Crippen LogP contribution in [0, 0.1) is 5.92 Å². The molecule has 0 aromatic rings. The van der Waals surface area contributed by atoms with Gasteiger partial charge in [-0.1, -0.05) is 18.6 Å². The molecule has 0 spiro atoms. The molecule has 1 saturated carbocycles. The molecule has 0 aromatic carbocycles. The fourth-order valence-corrected chi connectivity index (χ4v) is 3.51. The number of thioether (sulfide) groups is 1. The predicted molar refractivity (Wildman–Crippen MR) is 69.4 cm³/mol. The first kappa shape index (κ1) is 11.5. The number of hydrogen-bond acceptors (Lipinski definition) is 2. The minimum atomic E-state index is 0.602. The third kappa shape index (κ3) is 3.01. The average molecular weight is 225 g/mol. The van der Waals surface area contributed by atoms with Gasteiger partial charge in [0, 0.05) is 11.3 Å². The molecule has 0 radical (unpaired) electrons. The Hall–Kier alpha value is 0.0500. The molecule has 2 rings (SSSR count). The fraction of sp³-hybridized carbons (Fsp3) is 0.846. The van der Waals surface area contributed by atoms with Crippen molar-refractivity contribution in [2.75, 3.05) is 19.3 Å². The Balaban J connectivity index is 1.63. The fourth-order valence-electron chi connectivity index (χ4n) is 2.57. The van der Waals surface area contributed by atoms with Gasteiger partial charge in [0.25, 0.3) is 0 Å². The van der Waals surface area contributed by atoms with E-state index in [9.17, 15) is 0 Å². The molecule has 0 amide bonds. The monoisotopic (exact) mass is 225 g/mol. The molecule has 1 N–H and O–H groups in total. The van der Waals surface area contributed by atoms with E-state index in [4.69, 9.17) is 0 Å². The molecule has 1 nitrogen and oxygen atoms in total. The van der Waals surface area contributed by atoms with E-state index in [-0.39, 0.29) is 0 Å². The van der Waals surface area contributed by atoms with E-state index in [0.29, 0.717) is 4.75 Å². The van der Waals surface area contributed by atoms with Gasteiger partial charge >= 0.3 is 0 Å². The molecule has 2 aliphatic carbocycles. The maximum atomic E-state index is 3.69. The summed E-state index contributed by atoms with van der Waals surface area (Å²) in [4.78, 5) is 0. The quantitative estimate of drug-likeness (QED) is 0.721. The highest BCUT2D eigenvalue weighted by Gasteiger charge is 2.35. The molecule has 0 bridgehead atoms. The Morgan fingerprint density at radius 1 is 1.40 bits per heavy atom. The molecule has 86 valence electrons. The Morgan fingerprint density at radius 2 is 2.27 bits per heavy atom. The van der Waals surface area contributed by atoms with Crippen molar-refractivity contribution >= 4 is 11.8 Å². The Labute approximate surface area is 98.1 Å². The molecule has 1 atom stereocenters. The van der Waals surface area contributed by atoms with Crippen molar-refractivity contribution < 1.29 is 0 Å². The van der Waals surface area contributed by atoms with Crippen molar-refractivity contribution in [3.05, 3.63) is 12.2 Å². The number of nitrogens with one attached hydrogen (secondary N) is 1. The third-order valence-electron chi connectivity index (χ3n) is 3.96. The van der Waals surface area contributed by atoms with E-state index in [1.54, 1.807) is 0 Å². The van der Waals surface area contributed by atoms with Crippen LogP contribution in [-0.4, -0.2) is 24.1 Å². The highest BCUT2D eigenvalue weighted by molar-refractivity contribution is 8.00. The molecule has 2 aliphatic rings. The van der Waals surface area contributed by atoms with Gasteiger partial charge in [-0.15, -0.1) is 0 Å². The van der Waals surface area contributed by atoms with E-state index in [1.165, 1.54) is 51.6 Å². The number of hydrogen-bond donors (Lipinski definition) is 1. The first-order chi connectivity index (χ1) is 7.35. The summed E-state index contributed by atoms with van der Waals surface area (Å²) in [6.45, 7) is 2.46. The maximum Gasteiger partial charge on any atom is 0.0281 e. The molecular weight excluding hydrogens is 202 g/mol. The van der Waals surface area contributed by atoms with E-state index in [2.05, 4.69) is 35.5 Å². The Bertz CT molecular complexity index is 215. The van der Waals surface area contributed by atoms with Crippen LogP contribution in [0.1, 0.15) is 38.5 Å².